The Morgan fingerprint density at radius 1 is 1.31 bits per heavy atom. The van der Waals surface area contributed by atoms with Gasteiger partial charge in [0, 0.05) is 11.3 Å². The number of nitrogens with zero attached hydrogens (tertiary/aromatic N) is 1. The molecule has 3 N–H and O–H groups in total. The molecule has 0 fully saturated rings. The number of carboxylic acids is 1. The fraction of sp³-hybridized carbons (Fsp3) is 0.0909. The highest BCUT2D eigenvalue weighted by atomic mass is 16.4. The Hall–Kier alpha value is -2.30. The van der Waals surface area contributed by atoms with Gasteiger partial charge in [0.15, 0.2) is 0 Å². The number of hydrogen-bond donors (Lipinski definition) is 3. The zero-order valence-electron chi connectivity index (χ0n) is 8.34. The second-order valence-electron chi connectivity index (χ2n) is 3.40. The van der Waals surface area contributed by atoms with Gasteiger partial charge in [-0.1, -0.05) is 0 Å². The summed E-state index contributed by atoms with van der Waals surface area (Å²) in [6, 6.07) is 8.23. The lowest BCUT2D eigenvalue weighted by Crippen LogP contribution is -1.99. The van der Waals surface area contributed by atoms with E-state index in [1.807, 2.05) is 0 Å². The van der Waals surface area contributed by atoms with Crippen LogP contribution in [-0.2, 0) is 11.2 Å². The number of hydrogen-bond acceptors (Lipinski definition) is 3. The maximum atomic E-state index is 10.5. The summed E-state index contributed by atoms with van der Waals surface area (Å²) in [7, 11) is 0. The Morgan fingerprint density at radius 2 is 2.00 bits per heavy atom. The van der Waals surface area contributed by atoms with Crippen molar-refractivity contribution in [3.05, 3.63) is 36.0 Å². The number of aromatic amines is 1. The van der Waals surface area contributed by atoms with Crippen LogP contribution in [0, 0.1) is 0 Å². The molecule has 0 aliphatic heterocycles. The van der Waals surface area contributed by atoms with Gasteiger partial charge in [-0.2, -0.15) is 5.10 Å². The summed E-state index contributed by atoms with van der Waals surface area (Å²) in [6.07, 6.45) is -0.0783. The third-order valence-corrected chi connectivity index (χ3v) is 2.14. The minimum atomic E-state index is -0.902. The van der Waals surface area contributed by atoms with Crippen LogP contribution in [0.15, 0.2) is 30.3 Å². The second-order valence-corrected chi connectivity index (χ2v) is 3.40. The Labute approximate surface area is 91.4 Å². The predicted octanol–water partition coefficient (Wildman–Crippen LogP) is 1.41. The smallest absolute Gasteiger partial charge is 0.309 e. The van der Waals surface area contributed by atoms with E-state index in [1.54, 1.807) is 30.3 Å². The van der Waals surface area contributed by atoms with Gasteiger partial charge in [-0.05, 0) is 30.3 Å². The summed E-state index contributed by atoms with van der Waals surface area (Å²) in [5.74, 6) is -0.717. The van der Waals surface area contributed by atoms with Crippen LogP contribution in [0.1, 0.15) is 5.69 Å². The molecule has 16 heavy (non-hydrogen) atoms. The number of aliphatic carboxylic acids is 1. The lowest BCUT2D eigenvalue weighted by molar-refractivity contribution is -0.136. The van der Waals surface area contributed by atoms with Crippen molar-refractivity contribution in [1.29, 1.82) is 0 Å². The molecule has 1 heterocycles. The number of phenolic OH excluding ortho intramolecular Hbond substituents is 1. The van der Waals surface area contributed by atoms with Gasteiger partial charge >= 0.3 is 5.97 Å². The zero-order valence-corrected chi connectivity index (χ0v) is 8.34. The highest BCUT2D eigenvalue weighted by molar-refractivity contribution is 5.70. The minimum absolute atomic E-state index is 0.0783. The number of carbonyl (C=O) groups is 1. The molecule has 0 amide bonds. The number of H-pyrrole nitrogens is 1. The monoisotopic (exact) mass is 218 g/mol. The van der Waals surface area contributed by atoms with Crippen molar-refractivity contribution in [2.24, 2.45) is 0 Å². The molecule has 2 aromatic rings. The summed E-state index contributed by atoms with van der Waals surface area (Å²) in [5, 5.41) is 24.4. The molecule has 1 aromatic heterocycles. The van der Waals surface area contributed by atoms with Crippen molar-refractivity contribution >= 4 is 5.97 Å². The van der Waals surface area contributed by atoms with Crippen LogP contribution < -0.4 is 0 Å². The molecule has 82 valence electrons. The van der Waals surface area contributed by atoms with Crippen LogP contribution in [0.5, 0.6) is 5.75 Å². The molecule has 0 atom stereocenters. The van der Waals surface area contributed by atoms with Crippen LogP contribution >= 0.6 is 0 Å². The number of rotatable bonds is 3. The van der Waals surface area contributed by atoms with Gasteiger partial charge < -0.3 is 10.2 Å². The van der Waals surface area contributed by atoms with E-state index in [1.165, 1.54) is 0 Å². The van der Waals surface area contributed by atoms with Crippen molar-refractivity contribution < 1.29 is 15.0 Å². The van der Waals surface area contributed by atoms with Gasteiger partial charge in [-0.15, -0.1) is 0 Å². The number of nitrogens with one attached hydrogen (secondary N) is 1. The largest absolute Gasteiger partial charge is 0.508 e. The fourth-order valence-corrected chi connectivity index (χ4v) is 1.40. The molecule has 2 rings (SSSR count). The topological polar surface area (TPSA) is 86.2 Å². The zero-order chi connectivity index (χ0) is 11.5. The summed E-state index contributed by atoms with van der Waals surface area (Å²) >= 11 is 0. The molecule has 0 unspecified atom stereocenters. The first-order valence-electron chi connectivity index (χ1n) is 4.70. The van der Waals surface area contributed by atoms with Crippen LogP contribution in [0.25, 0.3) is 11.3 Å². The van der Waals surface area contributed by atoms with E-state index < -0.39 is 5.97 Å². The number of phenols is 1. The van der Waals surface area contributed by atoms with E-state index in [-0.39, 0.29) is 12.2 Å². The highest BCUT2D eigenvalue weighted by Crippen LogP contribution is 2.20. The Morgan fingerprint density at radius 3 is 2.62 bits per heavy atom. The van der Waals surface area contributed by atoms with Crippen molar-refractivity contribution in [3.63, 3.8) is 0 Å². The number of benzene rings is 1. The average molecular weight is 218 g/mol. The quantitative estimate of drug-likeness (QED) is 0.727. The second kappa shape index (κ2) is 4.06. The molecular weight excluding hydrogens is 208 g/mol. The summed E-state index contributed by atoms with van der Waals surface area (Å²) < 4.78 is 0. The first kappa shape index (κ1) is 10.2. The SMILES string of the molecule is O=C(O)Cc1cc(-c2ccc(O)cc2)n[nH]1. The average Bonchev–Trinajstić information content (AvgIpc) is 2.66. The van der Waals surface area contributed by atoms with Gasteiger partial charge in [0.25, 0.3) is 0 Å². The van der Waals surface area contributed by atoms with E-state index in [9.17, 15) is 4.79 Å². The van der Waals surface area contributed by atoms with Crippen LogP contribution in [0.2, 0.25) is 0 Å². The summed E-state index contributed by atoms with van der Waals surface area (Å²) in [6.45, 7) is 0. The van der Waals surface area contributed by atoms with Crippen LogP contribution in [0.3, 0.4) is 0 Å². The Bertz CT molecular complexity index is 502. The summed E-state index contributed by atoms with van der Waals surface area (Å²) in [5.41, 5.74) is 2.04. The third kappa shape index (κ3) is 2.20. The van der Waals surface area contributed by atoms with E-state index in [4.69, 9.17) is 10.2 Å². The van der Waals surface area contributed by atoms with E-state index >= 15 is 0 Å². The van der Waals surface area contributed by atoms with E-state index in [0.29, 0.717) is 11.4 Å². The Kier molecular flexibility index (Phi) is 2.59. The minimum Gasteiger partial charge on any atom is -0.508 e. The predicted molar refractivity (Wildman–Crippen MR) is 57.0 cm³/mol. The first-order chi connectivity index (χ1) is 7.65. The first-order valence-corrected chi connectivity index (χ1v) is 4.70. The molecule has 0 saturated heterocycles. The molecule has 0 bridgehead atoms. The van der Waals surface area contributed by atoms with Crippen LogP contribution in [0.4, 0.5) is 0 Å². The number of aromatic nitrogens is 2. The van der Waals surface area contributed by atoms with Crippen molar-refractivity contribution in [2.45, 2.75) is 6.42 Å². The van der Waals surface area contributed by atoms with Gasteiger partial charge in [0.1, 0.15) is 5.75 Å². The standard InChI is InChI=1S/C11H10N2O3/c14-9-3-1-7(2-4-9)10-5-8(12-13-10)6-11(15)16/h1-5,14H,6H2,(H,12,13)(H,15,16). The van der Waals surface area contributed by atoms with Crippen LogP contribution in [-0.4, -0.2) is 26.4 Å². The molecule has 5 nitrogen and oxygen atoms in total. The molecule has 1 aromatic carbocycles. The van der Waals surface area contributed by atoms with Gasteiger partial charge in [-0.3, -0.25) is 9.89 Å². The van der Waals surface area contributed by atoms with E-state index in [0.717, 1.165) is 5.56 Å². The van der Waals surface area contributed by atoms with Gasteiger partial charge in [0.2, 0.25) is 0 Å². The molecule has 0 radical (unpaired) electrons. The lowest BCUT2D eigenvalue weighted by atomic mass is 10.1. The van der Waals surface area contributed by atoms with E-state index in [2.05, 4.69) is 10.2 Å². The number of carboxylic acid groups (broad SMARTS) is 1. The van der Waals surface area contributed by atoms with Gasteiger partial charge in [0.05, 0.1) is 12.1 Å². The normalized spacial score (nSPS) is 10.2. The fourth-order valence-electron chi connectivity index (χ4n) is 1.40. The molecule has 0 aliphatic carbocycles. The maximum Gasteiger partial charge on any atom is 0.309 e. The molecule has 5 heteroatoms. The van der Waals surface area contributed by atoms with Crippen molar-refractivity contribution in [2.75, 3.05) is 0 Å². The highest BCUT2D eigenvalue weighted by Gasteiger charge is 2.06. The number of aromatic hydroxyl groups is 1. The lowest BCUT2D eigenvalue weighted by Gasteiger charge is -1.95. The van der Waals surface area contributed by atoms with Crippen molar-refractivity contribution in [3.8, 4) is 17.0 Å². The molecule has 0 saturated carbocycles. The maximum absolute atomic E-state index is 10.5. The molecule has 0 aliphatic rings. The third-order valence-electron chi connectivity index (χ3n) is 2.14. The molecule has 0 spiro atoms. The molecular formula is C11H10N2O3. The van der Waals surface area contributed by atoms with Crippen molar-refractivity contribution in [1.82, 2.24) is 10.2 Å². The summed E-state index contributed by atoms with van der Waals surface area (Å²) in [4.78, 5) is 10.5. The van der Waals surface area contributed by atoms with Gasteiger partial charge in [-0.25, -0.2) is 0 Å². The Balaban J connectivity index is 2.24.